The lowest BCUT2D eigenvalue weighted by Crippen LogP contribution is -1.86. The molecule has 0 aliphatic carbocycles. The highest BCUT2D eigenvalue weighted by Crippen LogP contribution is 2.13. The molecule has 1 aromatic rings. The fraction of sp³-hybridized carbons (Fsp3) is 0.333. The summed E-state index contributed by atoms with van der Waals surface area (Å²) in [7, 11) is 2.99. The Morgan fingerprint density at radius 2 is 2.27 bits per heavy atom. The fourth-order valence-electron chi connectivity index (χ4n) is 1.12. The van der Waals surface area contributed by atoms with Gasteiger partial charge in [0.05, 0.1) is 7.11 Å². The second-order valence-electron chi connectivity index (χ2n) is 2.60. The number of methoxy groups -OCH3 is 1. The minimum absolute atomic E-state index is 0.970. The summed E-state index contributed by atoms with van der Waals surface area (Å²) in [6, 6.07) is 9.62. The standard InChI is InChI=1S/C9H14OSi/c1-10-9-4-2-3-8(7-9)5-6-11/h2-4,7H,5-6H2,1,11H3. The Morgan fingerprint density at radius 1 is 1.45 bits per heavy atom. The average Bonchev–Trinajstić information content (AvgIpc) is 2.06. The molecule has 11 heavy (non-hydrogen) atoms. The van der Waals surface area contributed by atoms with Crippen molar-refractivity contribution in [3.8, 4) is 5.75 Å². The topological polar surface area (TPSA) is 9.23 Å². The molecule has 0 heterocycles. The molecule has 0 unspecified atom stereocenters. The van der Waals surface area contributed by atoms with E-state index in [1.165, 1.54) is 28.3 Å². The first-order valence-corrected chi connectivity index (χ1v) is 5.41. The van der Waals surface area contributed by atoms with Gasteiger partial charge in [-0.2, -0.15) is 0 Å². The van der Waals surface area contributed by atoms with E-state index >= 15 is 0 Å². The van der Waals surface area contributed by atoms with Gasteiger partial charge in [0, 0.05) is 10.2 Å². The molecule has 0 amide bonds. The molecule has 0 saturated heterocycles. The highest BCUT2D eigenvalue weighted by atomic mass is 28.1. The van der Waals surface area contributed by atoms with E-state index in [4.69, 9.17) is 4.74 Å². The number of ether oxygens (including phenoxy) is 1. The molecule has 0 aliphatic heterocycles. The maximum absolute atomic E-state index is 5.11. The molecule has 0 spiro atoms. The monoisotopic (exact) mass is 166 g/mol. The van der Waals surface area contributed by atoms with Crippen LogP contribution in [0.4, 0.5) is 0 Å². The lowest BCUT2D eigenvalue weighted by atomic mass is 10.2. The summed E-state index contributed by atoms with van der Waals surface area (Å²) >= 11 is 0. The molecule has 2 heteroatoms. The highest BCUT2D eigenvalue weighted by molar-refractivity contribution is 6.08. The first-order chi connectivity index (χ1) is 5.36. The Hall–Kier alpha value is -0.763. The maximum atomic E-state index is 5.11. The van der Waals surface area contributed by atoms with Gasteiger partial charge in [-0.1, -0.05) is 18.2 Å². The van der Waals surface area contributed by atoms with E-state index in [0.29, 0.717) is 0 Å². The van der Waals surface area contributed by atoms with Crippen LogP contribution < -0.4 is 4.74 Å². The van der Waals surface area contributed by atoms with Gasteiger partial charge in [-0.3, -0.25) is 0 Å². The molecular formula is C9H14OSi. The van der Waals surface area contributed by atoms with Crippen LogP contribution in [0.5, 0.6) is 5.75 Å². The summed E-state index contributed by atoms with van der Waals surface area (Å²) < 4.78 is 5.11. The summed E-state index contributed by atoms with van der Waals surface area (Å²) in [6.07, 6.45) is 1.20. The second-order valence-corrected chi connectivity index (χ2v) is 3.60. The minimum atomic E-state index is 0.970. The molecule has 0 radical (unpaired) electrons. The molecule has 0 aliphatic rings. The SMILES string of the molecule is COc1cccc(CC[SiH3])c1. The third kappa shape index (κ3) is 2.39. The molecule has 0 saturated carbocycles. The number of rotatable bonds is 3. The molecule has 0 fully saturated rings. The van der Waals surface area contributed by atoms with Gasteiger partial charge < -0.3 is 4.74 Å². The second kappa shape index (κ2) is 4.19. The normalized spacial score (nSPS) is 9.91. The van der Waals surface area contributed by atoms with Gasteiger partial charge in [0.1, 0.15) is 5.75 Å². The zero-order chi connectivity index (χ0) is 8.10. The van der Waals surface area contributed by atoms with Crippen molar-refractivity contribution in [3.63, 3.8) is 0 Å². The lowest BCUT2D eigenvalue weighted by molar-refractivity contribution is 0.414. The fourth-order valence-corrected chi connectivity index (χ4v) is 1.69. The van der Waals surface area contributed by atoms with Crippen LogP contribution in [0.3, 0.4) is 0 Å². The summed E-state index contributed by atoms with van der Waals surface area (Å²) in [5.74, 6) is 0.970. The van der Waals surface area contributed by atoms with Crippen molar-refractivity contribution in [1.29, 1.82) is 0 Å². The van der Waals surface area contributed by atoms with E-state index in [2.05, 4.69) is 12.1 Å². The minimum Gasteiger partial charge on any atom is -0.497 e. The molecule has 1 nitrogen and oxygen atoms in total. The Kier molecular flexibility index (Phi) is 3.17. The summed E-state index contributed by atoms with van der Waals surface area (Å²) in [5.41, 5.74) is 1.39. The molecule has 1 aromatic carbocycles. The third-order valence-corrected chi connectivity index (χ3v) is 2.17. The Morgan fingerprint density at radius 3 is 2.91 bits per heavy atom. The van der Waals surface area contributed by atoms with Crippen LogP contribution >= 0.6 is 0 Å². The Labute approximate surface area is 70.8 Å². The zero-order valence-corrected chi connectivity index (χ0v) is 9.13. The van der Waals surface area contributed by atoms with Crippen molar-refractivity contribution in [2.45, 2.75) is 12.5 Å². The van der Waals surface area contributed by atoms with Crippen molar-refractivity contribution in [2.24, 2.45) is 0 Å². The van der Waals surface area contributed by atoms with Gasteiger partial charge in [0.25, 0.3) is 0 Å². The molecule has 0 N–H and O–H groups in total. The van der Waals surface area contributed by atoms with Crippen molar-refractivity contribution >= 4 is 10.2 Å². The van der Waals surface area contributed by atoms with Crippen LogP contribution in [0.25, 0.3) is 0 Å². The predicted octanol–water partition coefficient (Wildman–Crippen LogP) is 1.02. The van der Waals surface area contributed by atoms with Crippen molar-refractivity contribution in [1.82, 2.24) is 0 Å². The molecule has 0 bridgehead atoms. The van der Waals surface area contributed by atoms with E-state index in [0.717, 1.165) is 5.75 Å². The first kappa shape index (κ1) is 8.33. The van der Waals surface area contributed by atoms with Crippen LogP contribution in [0.2, 0.25) is 6.04 Å². The molecular weight excluding hydrogens is 152 g/mol. The lowest BCUT2D eigenvalue weighted by Gasteiger charge is -2.01. The largest absolute Gasteiger partial charge is 0.497 e. The quantitative estimate of drug-likeness (QED) is 0.609. The summed E-state index contributed by atoms with van der Waals surface area (Å²) in [4.78, 5) is 0. The third-order valence-electron chi connectivity index (χ3n) is 1.67. The smallest absolute Gasteiger partial charge is 0.119 e. The van der Waals surface area contributed by atoms with Crippen molar-refractivity contribution in [2.75, 3.05) is 7.11 Å². The molecule has 0 atom stereocenters. The van der Waals surface area contributed by atoms with E-state index in [1.807, 2.05) is 12.1 Å². The van der Waals surface area contributed by atoms with Gasteiger partial charge in [0.15, 0.2) is 0 Å². The molecule has 60 valence electrons. The van der Waals surface area contributed by atoms with Gasteiger partial charge in [0.2, 0.25) is 0 Å². The van der Waals surface area contributed by atoms with Gasteiger partial charge in [-0.25, -0.2) is 0 Å². The van der Waals surface area contributed by atoms with Crippen LogP contribution in [0, 0.1) is 0 Å². The predicted molar refractivity (Wildman–Crippen MR) is 51.4 cm³/mol. The Bertz CT molecular complexity index is 223. The van der Waals surface area contributed by atoms with Crippen LogP contribution in [-0.4, -0.2) is 17.4 Å². The summed E-state index contributed by atoms with van der Waals surface area (Å²) in [6.45, 7) is 0. The summed E-state index contributed by atoms with van der Waals surface area (Å²) in [5, 5.41) is 0. The number of hydrogen-bond acceptors (Lipinski definition) is 1. The van der Waals surface area contributed by atoms with E-state index in [-0.39, 0.29) is 0 Å². The number of benzene rings is 1. The molecule has 0 aromatic heterocycles. The van der Waals surface area contributed by atoms with E-state index in [9.17, 15) is 0 Å². The van der Waals surface area contributed by atoms with Gasteiger partial charge in [-0.05, 0) is 24.1 Å². The van der Waals surface area contributed by atoms with E-state index in [1.54, 1.807) is 7.11 Å². The maximum Gasteiger partial charge on any atom is 0.119 e. The first-order valence-electron chi connectivity index (χ1n) is 3.99. The Balaban J connectivity index is 2.74. The van der Waals surface area contributed by atoms with Crippen LogP contribution in [0.1, 0.15) is 5.56 Å². The van der Waals surface area contributed by atoms with Crippen LogP contribution in [0.15, 0.2) is 24.3 Å². The highest BCUT2D eigenvalue weighted by Gasteiger charge is 1.92. The van der Waals surface area contributed by atoms with E-state index < -0.39 is 0 Å². The molecule has 1 rings (SSSR count). The number of aryl methyl sites for hydroxylation is 1. The van der Waals surface area contributed by atoms with Crippen molar-refractivity contribution in [3.05, 3.63) is 29.8 Å². The zero-order valence-electron chi connectivity index (χ0n) is 7.13. The van der Waals surface area contributed by atoms with Crippen LogP contribution in [-0.2, 0) is 6.42 Å². The number of hydrogen-bond donors (Lipinski definition) is 0. The van der Waals surface area contributed by atoms with Gasteiger partial charge >= 0.3 is 0 Å². The average molecular weight is 166 g/mol. The van der Waals surface area contributed by atoms with Crippen molar-refractivity contribution < 1.29 is 4.74 Å². The van der Waals surface area contributed by atoms with Gasteiger partial charge in [-0.15, -0.1) is 0 Å².